The van der Waals surface area contributed by atoms with Crippen LogP contribution in [0.5, 0.6) is 5.75 Å². The van der Waals surface area contributed by atoms with E-state index in [9.17, 15) is 4.39 Å². The van der Waals surface area contributed by atoms with Crippen molar-refractivity contribution >= 4 is 0 Å². The number of hydrogen-bond donors (Lipinski definition) is 1. The first kappa shape index (κ1) is 12.6. The first-order chi connectivity index (χ1) is 8.69. The third kappa shape index (κ3) is 3.07. The molecule has 0 unspecified atom stereocenters. The van der Waals surface area contributed by atoms with Gasteiger partial charge in [0, 0.05) is 31.9 Å². The number of hydrogen-bond acceptors (Lipinski definition) is 3. The molecular formula is C13H15FN2O2. The fraction of sp³-hybridized carbons (Fsp3) is 0.308. The minimum absolute atomic E-state index is 0.201. The lowest BCUT2D eigenvalue weighted by Gasteiger charge is -2.08. The average molecular weight is 250 g/mol. The third-order valence-electron chi connectivity index (χ3n) is 2.63. The number of rotatable bonds is 5. The van der Waals surface area contributed by atoms with Crippen LogP contribution in [0.2, 0.25) is 0 Å². The van der Waals surface area contributed by atoms with E-state index in [0.717, 1.165) is 5.82 Å². The summed E-state index contributed by atoms with van der Waals surface area (Å²) in [6.45, 7) is 0.215. The van der Waals surface area contributed by atoms with Crippen molar-refractivity contribution in [2.75, 3.05) is 6.61 Å². The van der Waals surface area contributed by atoms with Crippen molar-refractivity contribution in [3.05, 3.63) is 47.8 Å². The first-order valence-electron chi connectivity index (χ1n) is 5.68. The largest absolute Gasteiger partial charge is 0.493 e. The van der Waals surface area contributed by atoms with Crippen LogP contribution in [0, 0.1) is 5.82 Å². The second kappa shape index (κ2) is 5.64. The van der Waals surface area contributed by atoms with Crippen LogP contribution in [0.15, 0.2) is 30.6 Å². The molecule has 1 aromatic carbocycles. The Hall–Kier alpha value is -1.88. The van der Waals surface area contributed by atoms with Crippen molar-refractivity contribution in [1.82, 2.24) is 9.55 Å². The zero-order chi connectivity index (χ0) is 13.0. The summed E-state index contributed by atoms with van der Waals surface area (Å²) in [5.41, 5.74) is 0.502. The van der Waals surface area contributed by atoms with Crippen LogP contribution in [-0.4, -0.2) is 21.3 Å². The lowest BCUT2D eigenvalue weighted by molar-refractivity contribution is 0.278. The van der Waals surface area contributed by atoms with Gasteiger partial charge in [-0.05, 0) is 17.7 Å². The number of aliphatic hydroxyl groups is 1. The number of halogens is 1. The molecule has 0 saturated carbocycles. The molecule has 0 atom stereocenters. The molecule has 1 aromatic heterocycles. The molecule has 0 amide bonds. The van der Waals surface area contributed by atoms with Gasteiger partial charge in [0.15, 0.2) is 0 Å². The van der Waals surface area contributed by atoms with E-state index in [4.69, 9.17) is 9.84 Å². The molecule has 2 rings (SSSR count). The molecule has 0 fully saturated rings. The molecule has 0 aliphatic heterocycles. The summed E-state index contributed by atoms with van der Waals surface area (Å²) in [5.74, 6) is 0.926. The molecule has 0 spiro atoms. The van der Waals surface area contributed by atoms with Crippen LogP contribution in [0.25, 0.3) is 0 Å². The summed E-state index contributed by atoms with van der Waals surface area (Å²) < 4.78 is 20.5. The maximum absolute atomic E-state index is 13.2. The van der Waals surface area contributed by atoms with Crippen molar-refractivity contribution < 1.29 is 14.2 Å². The Balaban J connectivity index is 1.94. The van der Waals surface area contributed by atoms with Gasteiger partial charge in [-0.2, -0.15) is 0 Å². The van der Waals surface area contributed by atoms with Crippen LogP contribution >= 0.6 is 0 Å². The highest BCUT2D eigenvalue weighted by molar-refractivity contribution is 5.29. The predicted molar refractivity (Wildman–Crippen MR) is 64.7 cm³/mol. The van der Waals surface area contributed by atoms with Gasteiger partial charge in [-0.15, -0.1) is 0 Å². The molecule has 96 valence electrons. The van der Waals surface area contributed by atoms with Crippen LogP contribution in [-0.2, 0) is 20.1 Å². The molecular weight excluding hydrogens is 235 g/mol. The standard InChI is InChI=1S/C13H15FN2O2/c1-16-4-3-15-13(16)2-5-18-12-7-10(9-17)6-11(14)8-12/h3-4,6-8,17H,2,5,9H2,1H3. The van der Waals surface area contributed by atoms with Gasteiger partial charge in [0.25, 0.3) is 0 Å². The molecule has 0 aliphatic carbocycles. The molecule has 5 heteroatoms. The van der Waals surface area contributed by atoms with Gasteiger partial charge in [-0.1, -0.05) is 0 Å². The molecule has 0 bridgehead atoms. The summed E-state index contributed by atoms with van der Waals surface area (Å²) >= 11 is 0. The number of aryl methyl sites for hydroxylation is 1. The summed E-state index contributed by atoms with van der Waals surface area (Å²) in [6.07, 6.45) is 4.23. The first-order valence-corrected chi connectivity index (χ1v) is 5.68. The highest BCUT2D eigenvalue weighted by Gasteiger charge is 2.03. The van der Waals surface area contributed by atoms with Gasteiger partial charge >= 0.3 is 0 Å². The highest BCUT2D eigenvalue weighted by Crippen LogP contribution is 2.16. The molecule has 2 aromatic rings. The van der Waals surface area contributed by atoms with Crippen LogP contribution < -0.4 is 4.74 Å². The number of aliphatic hydroxyl groups excluding tert-OH is 1. The van der Waals surface area contributed by atoms with Gasteiger partial charge in [0.2, 0.25) is 0 Å². The number of imidazole rings is 1. The maximum atomic E-state index is 13.2. The Bertz CT molecular complexity index is 525. The van der Waals surface area contributed by atoms with Crippen molar-refractivity contribution in [1.29, 1.82) is 0 Å². The van der Waals surface area contributed by atoms with Gasteiger partial charge in [-0.25, -0.2) is 9.37 Å². The second-order valence-corrected chi connectivity index (χ2v) is 4.01. The quantitative estimate of drug-likeness (QED) is 0.878. The summed E-state index contributed by atoms with van der Waals surface area (Å²) in [5, 5.41) is 8.96. The molecule has 0 aliphatic rings. The zero-order valence-corrected chi connectivity index (χ0v) is 10.1. The maximum Gasteiger partial charge on any atom is 0.127 e. The molecule has 0 saturated heterocycles. The minimum Gasteiger partial charge on any atom is -0.493 e. The summed E-state index contributed by atoms with van der Waals surface area (Å²) in [4.78, 5) is 4.17. The van der Waals surface area contributed by atoms with E-state index in [2.05, 4.69) is 4.98 Å². The van der Waals surface area contributed by atoms with Gasteiger partial charge in [-0.3, -0.25) is 0 Å². The second-order valence-electron chi connectivity index (χ2n) is 4.01. The molecule has 1 N–H and O–H groups in total. The highest BCUT2D eigenvalue weighted by atomic mass is 19.1. The minimum atomic E-state index is -0.409. The van der Waals surface area contributed by atoms with Crippen LogP contribution in [0.4, 0.5) is 4.39 Å². The van der Waals surface area contributed by atoms with Crippen molar-refractivity contribution in [2.45, 2.75) is 13.0 Å². The Labute approximate surface area is 105 Å². The summed E-state index contributed by atoms with van der Waals surface area (Å²) in [6, 6.07) is 4.21. The monoisotopic (exact) mass is 250 g/mol. The van der Waals surface area contributed by atoms with E-state index in [0.29, 0.717) is 24.3 Å². The Morgan fingerprint density at radius 3 is 2.89 bits per heavy atom. The van der Waals surface area contributed by atoms with Gasteiger partial charge < -0.3 is 14.4 Å². The smallest absolute Gasteiger partial charge is 0.127 e. The van der Waals surface area contributed by atoms with Crippen LogP contribution in [0.3, 0.4) is 0 Å². The van der Waals surface area contributed by atoms with E-state index in [1.165, 1.54) is 12.1 Å². The SMILES string of the molecule is Cn1ccnc1CCOc1cc(F)cc(CO)c1. The Morgan fingerprint density at radius 1 is 1.39 bits per heavy atom. The van der Waals surface area contributed by atoms with E-state index in [1.807, 2.05) is 17.8 Å². The van der Waals surface area contributed by atoms with E-state index >= 15 is 0 Å². The lowest BCUT2D eigenvalue weighted by atomic mass is 10.2. The number of ether oxygens (including phenoxy) is 1. The Kier molecular flexibility index (Phi) is 3.94. The van der Waals surface area contributed by atoms with Gasteiger partial charge in [0.05, 0.1) is 13.2 Å². The van der Waals surface area contributed by atoms with Crippen molar-refractivity contribution in [3.63, 3.8) is 0 Å². The fourth-order valence-electron chi connectivity index (χ4n) is 1.69. The molecule has 4 nitrogen and oxygen atoms in total. The normalized spacial score (nSPS) is 10.6. The number of benzene rings is 1. The predicted octanol–water partition coefficient (Wildman–Crippen LogP) is 1.67. The topological polar surface area (TPSA) is 47.3 Å². The molecule has 18 heavy (non-hydrogen) atoms. The van der Waals surface area contributed by atoms with E-state index in [-0.39, 0.29) is 6.61 Å². The van der Waals surface area contributed by atoms with E-state index in [1.54, 1.807) is 12.3 Å². The number of nitrogens with zero attached hydrogens (tertiary/aromatic N) is 2. The van der Waals surface area contributed by atoms with E-state index < -0.39 is 5.82 Å². The molecule has 0 radical (unpaired) electrons. The van der Waals surface area contributed by atoms with Crippen LogP contribution in [0.1, 0.15) is 11.4 Å². The fourth-order valence-corrected chi connectivity index (χ4v) is 1.69. The summed E-state index contributed by atoms with van der Waals surface area (Å²) in [7, 11) is 1.91. The lowest BCUT2D eigenvalue weighted by Crippen LogP contribution is -2.06. The van der Waals surface area contributed by atoms with Crippen molar-refractivity contribution in [3.8, 4) is 5.75 Å². The van der Waals surface area contributed by atoms with Gasteiger partial charge in [0.1, 0.15) is 17.4 Å². The third-order valence-corrected chi connectivity index (χ3v) is 2.63. The zero-order valence-electron chi connectivity index (χ0n) is 10.1. The van der Waals surface area contributed by atoms with Crippen molar-refractivity contribution in [2.24, 2.45) is 7.05 Å². The number of aromatic nitrogens is 2. The molecule has 1 heterocycles. The Morgan fingerprint density at radius 2 is 2.22 bits per heavy atom. The average Bonchev–Trinajstić information content (AvgIpc) is 2.74.